The molecule has 2 rings (SSSR count). The maximum Gasteiger partial charge on any atom is 0.364 e. The molecule has 6 atom stereocenters. The molecule has 1 fully saturated rings. The first-order valence-electron chi connectivity index (χ1n) is 13.1. The zero-order chi connectivity index (χ0) is 29.7. The van der Waals surface area contributed by atoms with Crippen molar-refractivity contribution in [3.8, 4) is 12.3 Å². The number of nitrogens with one attached hydrogen (secondary N) is 2. The zero-order valence-electron chi connectivity index (χ0n) is 22.2. The van der Waals surface area contributed by atoms with Crippen LogP contribution in [0.2, 0.25) is 0 Å². The summed E-state index contributed by atoms with van der Waals surface area (Å²) in [5, 5.41) is 56.2. The van der Waals surface area contributed by atoms with Gasteiger partial charge in [0.25, 0.3) is 5.79 Å². The molecule has 9 N–H and O–H groups in total. The highest BCUT2D eigenvalue weighted by molar-refractivity contribution is 5.79. The first-order valence-corrected chi connectivity index (χ1v) is 13.1. The number of aliphatic carboxylic acids is 1. The number of nitrogens with two attached hydrogens (primary N) is 1. The third-order valence-corrected chi connectivity index (χ3v) is 6.53. The molecule has 1 aromatic rings. The minimum absolute atomic E-state index is 0.0390. The first-order chi connectivity index (χ1) is 19.1. The van der Waals surface area contributed by atoms with Gasteiger partial charge in [-0.15, -0.1) is 6.42 Å². The van der Waals surface area contributed by atoms with E-state index in [1.807, 2.05) is 0 Å². The van der Waals surface area contributed by atoms with Crippen LogP contribution in [0.15, 0.2) is 24.3 Å². The van der Waals surface area contributed by atoms with Crippen LogP contribution in [0.1, 0.15) is 43.2 Å². The maximum absolute atomic E-state index is 12.4. The molecule has 0 radical (unpaired) electrons. The number of hydrogen-bond donors (Lipinski definition) is 8. The van der Waals surface area contributed by atoms with Crippen LogP contribution in [-0.2, 0) is 30.3 Å². The summed E-state index contributed by atoms with van der Waals surface area (Å²) >= 11 is 0. The van der Waals surface area contributed by atoms with Crippen molar-refractivity contribution in [2.75, 3.05) is 26.3 Å². The van der Waals surface area contributed by atoms with E-state index >= 15 is 0 Å². The van der Waals surface area contributed by atoms with Crippen LogP contribution in [0.3, 0.4) is 0 Å². The minimum Gasteiger partial charge on any atom is -0.477 e. The Kier molecular flexibility index (Phi) is 13.4. The van der Waals surface area contributed by atoms with E-state index in [9.17, 15) is 34.8 Å². The molecule has 1 saturated heterocycles. The predicted octanol–water partition coefficient (Wildman–Crippen LogP) is -2.01. The summed E-state index contributed by atoms with van der Waals surface area (Å²) in [6.45, 7) is -0.920. The normalized spacial score (nSPS) is 23.9. The molecule has 1 heterocycles. The smallest absolute Gasteiger partial charge is 0.364 e. The first kappa shape index (κ1) is 33.1. The van der Waals surface area contributed by atoms with Crippen molar-refractivity contribution < 1.29 is 49.4 Å². The average molecular weight is 566 g/mol. The van der Waals surface area contributed by atoms with E-state index in [2.05, 4.69) is 16.6 Å². The molecule has 1 aromatic carbocycles. The Morgan fingerprint density at radius 2 is 1.82 bits per heavy atom. The van der Waals surface area contributed by atoms with Crippen molar-refractivity contribution in [1.29, 1.82) is 0 Å². The second-order valence-corrected chi connectivity index (χ2v) is 9.59. The number of carboxylic acids is 1. The van der Waals surface area contributed by atoms with E-state index in [4.69, 9.17) is 26.7 Å². The van der Waals surface area contributed by atoms with Gasteiger partial charge in [-0.2, -0.15) is 0 Å². The Morgan fingerprint density at radius 1 is 1.15 bits per heavy atom. The van der Waals surface area contributed by atoms with Crippen molar-refractivity contribution in [2.24, 2.45) is 5.73 Å². The topological polar surface area (TPSA) is 221 Å². The average Bonchev–Trinajstić information content (AvgIpc) is 2.94. The molecule has 0 saturated carbocycles. The summed E-state index contributed by atoms with van der Waals surface area (Å²) in [7, 11) is 0. The summed E-state index contributed by atoms with van der Waals surface area (Å²) in [5.74, 6) is -2.89. The van der Waals surface area contributed by atoms with Gasteiger partial charge in [0, 0.05) is 18.5 Å². The van der Waals surface area contributed by atoms with Crippen molar-refractivity contribution in [2.45, 2.75) is 74.8 Å². The number of ether oxygens (including phenoxy) is 2. The second kappa shape index (κ2) is 16.2. The molecule has 0 bridgehead atoms. The molecule has 0 spiro atoms. The van der Waals surface area contributed by atoms with Crippen molar-refractivity contribution in [1.82, 2.24) is 10.6 Å². The summed E-state index contributed by atoms with van der Waals surface area (Å²) < 4.78 is 11.2. The Hall–Kier alpha value is -3.09. The van der Waals surface area contributed by atoms with E-state index in [0.717, 1.165) is 12.8 Å². The van der Waals surface area contributed by atoms with Gasteiger partial charge in [-0.1, -0.05) is 30.9 Å². The Morgan fingerprint density at radius 3 is 2.42 bits per heavy atom. The number of aliphatic hydroxyl groups excluding tert-OH is 4. The standard InChI is InChI=1S/C27H39N3O10/c1-2-17-7-9-18(10-8-17)13-21(34)29-15-20(33)24(36)25-23(30-22(35)16-31)19(32)14-27(40-25,26(37)38)39-12-6-4-3-5-11-28/h1,7-10,19-20,23-25,31-33,36H,3-6,11-16,28H2,(H,29,34)(H,30,35)(H,37,38)/t19?,20-,23?,24-,25?,27?/m1/s1. The SMILES string of the molecule is C#Cc1ccc(CC(=O)NC[C@@H](O)[C@@H](O)C2OC(OCCCCCCN)(C(=O)O)CC(O)C2NC(=O)CO)cc1. The molecule has 1 aliphatic rings. The van der Waals surface area contributed by atoms with Gasteiger partial charge in [0.05, 0.1) is 31.3 Å². The van der Waals surface area contributed by atoms with Crippen LogP contribution >= 0.6 is 0 Å². The minimum atomic E-state index is -2.38. The van der Waals surface area contributed by atoms with Gasteiger partial charge in [-0.3, -0.25) is 9.59 Å². The summed E-state index contributed by atoms with van der Waals surface area (Å²) in [5.41, 5.74) is 6.77. The fraction of sp³-hybridized carbons (Fsp3) is 0.593. The monoisotopic (exact) mass is 565 g/mol. The van der Waals surface area contributed by atoms with Gasteiger partial charge in [0.2, 0.25) is 11.8 Å². The van der Waals surface area contributed by atoms with E-state index in [1.165, 1.54) is 0 Å². The lowest BCUT2D eigenvalue weighted by Gasteiger charge is -2.46. The van der Waals surface area contributed by atoms with Crippen molar-refractivity contribution >= 4 is 17.8 Å². The number of carbonyl (C=O) groups excluding carboxylic acids is 2. The fourth-order valence-corrected chi connectivity index (χ4v) is 4.31. The number of hydrogen-bond acceptors (Lipinski definition) is 10. The maximum atomic E-state index is 12.4. The number of carbonyl (C=O) groups is 3. The van der Waals surface area contributed by atoms with Crippen LogP contribution in [0.4, 0.5) is 0 Å². The highest BCUT2D eigenvalue weighted by Gasteiger charge is 2.55. The van der Waals surface area contributed by atoms with E-state index in [1.54, 1.807) is 24.3 Å². The van der Waals surface area contributed by atoms with E-state index in [0.29, 0.717) is 30.5 Å². The van der Waals surface area contributed by atoms with Crippen LogP contribution in [0.5, 0.6) is 0 Å². The molecular weight excluding hydrogens is 526 g/mol. The highest BCUT2D eigenvalue weighted by Crippen LogP contribution is 2.33. The molecule has 2 amide bonds. The van der Waals surface area contributed by atoms with Crippen LogP contribution < -0.4 is 16.4 Å². The largest absolute Gasteiger partial charge is 0.477 e. The molecule has 222 valence electrons. The lowest BCUT2D eigenvalue weighted by molar-refractivity contribution is -0.310. The quantitative estimate of drug-likeness (QED) is 0.0808. The zero-order valence-corrected chi connectivity index (χ0v) is 22.2. The lowest BCUT2D eigenvalue weighted by atomic mass is 9.88. The van der Waals surface area contributed by atoms with Crippen LogP contribution in [-0.4, -0.2) is 106 Å². The molecule has 0 aromatic heterocycles. The summed E-state index contributed by atoms with van der Waals surface area (Å²) in [6, 6.07) is 5.29. The van der Waals surface area contributed by atoms with E-state index in [-0.39, 0.29) is 13.0 Å². The van der Waals surface area contributed by atoms with Gasteiger partial charge in [0.15, 0.2) is 0 Å². The molecule has 0 aliphatic carbocycles. The summed E-state index contributed by atoms with van der Waals surface area (Å²) in [6.07, 6.45) is 0.619. The van der Waals surface area contributed by atoms with Crippen LogP contribution in [0.25, 0.3) is 0 Å². The second-order valence-electron chi connectivity index (χ2n) is 9.59. The highest BCUT2D eigenvalue weighted by atomic mass is 16.7. The van der Waals surface area contributed by atoms with Gasteiger partial charge in [-0.05, 0) is 37.1 Å². The fourth-order valence-electron chi connectivity index (χ4n) is 4.31. The number of unbranched alkanes of at least 4 members (excludes halogenated alkanes) is 3. The molecule has 13 heteroatoms. The van der Waals surface area contributed by atoms with E-state index < -0.39 is 73.6 Å². The predicted molar refractivity (Wildman–Crippen MR) is 141 cm³/mol. The lowest BCUT2D eigenvalue weighted by Crippen LogP contribution is -2.68. The van der Waals surface area contributed by atoms with Gasteiger partial charge in [-0.25, -0.2) is 4.79 Å². The number of benzene rings is 1. The Balaban J connectivity index is 2.11. The Bertz CT molecular complexity index is 1010. The molecule has 13 nitrogen and oxygen atoms in total. The van der Waals surface area contributed by atoms with Crippen LogP contribution in [0, 0.1) is 12.3 Å². The number of rotatable bonds is 16. The summed E-state index contributed by atoms with van der Waals surface area (Å²) in [4.78, 5) is 36.5. The molecule has 40 heavy (non-hydrogen) atoms. The van der Waals surface area contributed by atoms with Crippen molar-refractivity contribution in [3.05, 3.63) is 35.4 Å². The number of carboxylic acid groups (broad SMARTS) is 1. The third kappa shape index (κ3) is 9.53. The third-order valence-electron chi connectivity index (χ3n) is 6.53. The number of terminal acetylenes is 1. The van der Waals surface area contributed by atoms with Crippen molar-refractivity contribution in [3.63, 3.8) is 0 Å². The van der Waals surface area contributed by atoms with Gasteiger partial charge < -0.3 is 51.4 Å². The number of aliphatic hydroxyl groups is 4. The molecular formula is C27H39N3O10. The Labute approximate surface area is 232 Å². The molecule has 1 aliphatic heterocycles. The molecule has 4 unspecified atom stereocenters. The van der Waals surface area contributed by atoms with Gasteiger partial charge >= 0.3 is 5.97 Å². The number of amides is 2. The van der Waals surface area contributed by atoms with Gasteiger partial charge in [0.1, 0.15) is 18.8 Å².